The first kappa shape index (κ1) is 22.1. The standard InChI is InChI=1S/C27H19N5O.Pt/c1-18-15-19(2)32(30-18)20-7-5-8-21(16-20)33-22-11-12-24-23-9-3-4-10-25(23)31(26(24)17-22)27-28-13-6-14-29-27;/h3-15H,1-2H3;/q-2;+4. The molecule has 0 bridgehead atoms. The number of aromatic nitrogens is 5. The Labute approximate surface area is 211 Å². The van der Waals surface area contributed by atoms with Gasteiger partial charge in [0.25, 0.3) is 0 Å². The Kier molecular flexibility index (Phi) is 5.76. The fourth-order valence-electron chi connectivity index (χ4n) is 4.16. The molecule has 0 aliphatic rings. The van der Waals surface area contributed by atoms with Crippen LogP contribution < -0.4 is 4.74 Å². The van der Waals surface area contributed by atoms with Crippen molar-refractivity contribution in [1.29, 1.82) is 0 Å². The molecule has 3 aromatic heterocycles. The topological polar surface area (TPSA) is 57.8 Å². The summed E-state index contributed by atoms with van der Waals surface area (Å²) in [6.07, 6.45) is 3.48. The van der Waals surface area contributed by atoms with Crippen LogP contribution in [0.5, 0.6) is 11.5 Å². The molecule has 6 nitrogen and oxygen atoms in total. The Hall–Kier alpha value is -3.76. The Balaban J connectivity index is 0.00000241. The molecule has 0 spiro atoms. The first-order valence-corrected chi connectivity index (χ1v) is 10.6. The third-order valence-electron chi connectivity index (χ3n) is 5.52. The summed E-state index contributed by atoms with van der Waals surface area (Å²) in [6, 6.07) is 28.5. The second-order valence-corrected chi connectivity index (χ2v) is 7.83. The van der Waals surface area contributed by atoms with Gasteiger partial charge in [0, 0.05) is 35.1 Å². The molecule has 3 heterocycles. The monoisotopic (exact) mass is 624 g/mol. The molecule has 6 aromatic rings. The summed E-state index contributed by atoms with van der Waals surface area (Å²) < 4.78 is 10.0. The number of benzene rings is 3. The van der Waals surface area contributed by atoms with Crippen molar-refractivity contribution in [3.8, 4) is 23.1 Å². The first-order chi connectivity index (χ1) is 16.2. The van der Waals surface area contributed by atoms with Gasteiger partial charge in [0.2, 0.25) is 5.95 Å². The Morgan fingerprint density at radius 3 is 2.38 bits per heavy atom. The van der Waals surface area contributed by atoms with E-state index in [1.807, 2.05) is 71.6 Å². The van der Waals surface area contributed by atoms with E-state index in [0.29, 0.717) is 17.4 Å². The molecule has 0 amide bonds. The predicted molar refractivity (Wildman–Crippen MR) is 127 cm³/mol. The number of aryl methyl sites for hydroxylation is 2. The van der Waals surface area contributed by atoms with Crippen molar-refractivity contribution < 1.29 is 25.8 Å². The van der Waals surface area contributed by atoms with Crippen molar-refractivity contribution in [3.05, 3.63) is 103 Å². The van der Waals surface area contributed by atoms with Crippen molar-refractivity contribution in [3.63, 3.8) is 0 Å². The number of hydrogen-bond acceptors (Lipinski definition) is 4. The molecule has 0 fully saturated rings. The van der Waals surface area contributed by atoms with Crippen LogP contribution in [-0.4, -0.2) is 24.3 Å². The van der Waals surface area contributed by atoms with Crippen LogP contribution in [0.2, 0.25) is 0 Å². The molecule has 7 heteroatoms. The van der Waals surface area contributed by atoms with Crippen LogP contribution in [0.4, 0.5) is 0 Å². The van der Waals surface area contributed by atoms with Crippen LogP contribution in [0.15, 0.2) is 79.1 Å². The van der Waals surface area contributed by atoms with Crippen LogP contribution in [0.1, 0.15) is 11.4 Å². The van der Waals surface area contributed by atoms with Gasteiger partial charge in [0.1, 0.15) is 0 Å². The molecule has 166 valence electrons. The molecule has 6 rings (SSSR count). The van der Waals surface area contributed by atoms with Gasteiger partial charge in [-0.25, -0.2) is 9.97 Å². The maximum absolute atomic E-state index is 6.18. The van der Waals surface area contributed by atoms with E-state index < -0.39 is 0 Å². The van der Waals surface area contributed by atoms with E-state index >= 15 is 0 Å². The number of nitrogens with zero attached hydrogens (tertiary/aromatic N) is 5. The molecular formula is C27H19N5OPt+2. The largest absolute Gasteiger partial charge is 4.00 e. The Morgan fingerprint density at radius 1 is 0.794 bits per heavy atom. The van der Waals surface area contributed by atoms with Crippen molar-refractivity contribution in [1.82, 2.24) is 24.3 Å². The summed E-state index contributed by atoms with van der Waals surface area (Å²) in [4.78, 5) is 8.93. The number of para-hydroxylation sites is 1. The van der Waals surface area contributed by atoms with Gasteiger partial charge in [-0.05, 0) is 43.1 Å². The molecule has 0 atom stereocenters. The third kappa shape index (κ3) is 3.80. The fourth-order valence-corrected chi connectivity index (χ4v) is 4.16. The van der Waals surface area contributed by atoms with Crippen molar-refractivity contribution in [2.75, 3.05) is 0 Å². The molecule has 34 heavy (non-hydrogen) atoms. The zero-order valence-corrected chi connectivity index (χ0v) is 20.7. The van der Waals surface area contributed by atoms with Crippen molar-refractivity contribution in [2.24, 2.45) is 0 Å². The second kappa shape index (κ2) is 8.88. The molecule has 0 unspecified atom stereocenters. The van der Waals surface area contributed by atoms with Crippen LogP contribution in [0, 0.1) is 26.0 Å². The van der Waals surface area contributed by atoms with Gasteiger partial charge in [-0.2, -0.15) is 17.2 Å². The van der Waals surface area contributed by atoms with Crippen LogP contribution in [0.25, 0.3) is 33.4 Å². The van der Waals surface area contributed by atoms with E-state index in [4.69, 9.17) is 4.74 Å². The van der Waals surface area contributed by atoms with E-state index in [1.165, 1.54) is 0 Å². The maximum atomic E-state index is 6.18. The number of rotatable bonds is 4. The average Bonchev–Trinajstić information content (AvgIpc) is 3.35. The summed E-state index contributed by atoms with van der Waals surface area (Å²) in [5.74, 6) is 1.77. The fraction of sp³-hybridized carbons (Fsp3) is 0.0741. The van der Waals surface area contributed by atoms with E-state index in [2.05, 4.69) is 39.3 Å². The van der Waals surface area contributed by atoms with Crippen LogP contribution in [0.3, 0.4) is 0 Å². The minimum atomic E-state index is 0. The van der Waals surface area contributed by atoms with E-state index in [1.54, 1.807) is 18.5 Å². The summed E-state index contributed by atoms with van der Waals surface area (Å²) in [7, 11) is 0. The Bertz CT molecular complexity index is 1620. The van der Waals surface area contributed by atoms with Gasteiger partial charge in [-0.15, -0.1) is 35.7 Å². The molecule has 3 aromatic carbocycles. The second-order valence-electron chi connectivity index (χ2n) is 7.83. The van der Waals surface area contributed by atoms with Crippen LogP contribution in [-0.2, 0) is 21.1 Å². The van der Waals surface area contributed by atoms with Gasteiger partial charge in [-0.3, -0.25) is 4.68 Å². The van der Waals surface area contributed by atoms with E-state index in [0.717, 1.165) is 38.9 Å². The quantitative estimate of drug-likeness (QED) is 0.234. The Morgan fingerprint density at radius 2 is 1.59 bits per heavy atom. The van der Waals surface area contributed by atoms with E-state index in [9.17, 15) is 0 Å². The molecule has 0 N–H and O–H groups in total. The molecule has 0 saturated carbocycles. The summed E-state index contributed by atoms with van der Waals surface area (Å²) in [5, 5.41) is 6.72. The van der Waals surface area contributed by atoms with Crippen molar-refractivity contribution >= 4 is 21.8 Å². The van der Waals surface area contributed by atoms with Crippen LogP contribution >= 0.6 is 0 Å². The zero-order valence-electron chi connectivity index (χ0n) is 18.5. The number of ether oxygens (including phenoxy) is 1. The zero-order chi connectivity index (χ0) is 22.4. The van der Waals surface area contributed by atoms with Crippen molar-refractivity contribution in [2.45, 2.75) is 13.8 Å². The minimum absolute atomic E-state index is 0. The number of fused-ring (bicyclic) bond motifs is 3. The summed E-state index contributed by atoms with van der Waals surface area (Å²) >= 11 is 0. The van der Waals surface area contributed by atoms with Gasteiger partial charge >= 0.3 is 21.1 Å². The molecule has 0 aliphatic carbocycles. The number of hydrogen-bond donors (Lipinski definition) is 0. The normalized spacial score (nSPS) is 11.0. The minimum Gasteiger partial charge on any atom is -0.509 e. The SMILES string of the molecule is Cc1cc(C)n(-c2[c-]c(Oc3[c-]c4c(cc3)c3ccccc3n4-c3ncccn3)ccc2)n1.[Pt+4]. The molecule has 0 saturated heterocycles. The smallest absolute Gasteiger partial charge is 0.509 e. The molecule has 0 aliphatic heterocycles. The van der Waals surface area contributed by atoms with Gasteiger partial charge in [-0.1, -0.05) is 23.7 Å². The predicted octanol–water partition coefficient (Wildman–Crippen LogP) is 5.77. The molecular weight excluding hydrogens is 605 g/mol. The third-order valence-corrected chi connectivity index (χ3v) is 5.52. The van der Waals surface area contributed by atoms with E-state index in [-0.39, 0.29) is 21.1 Å². The summed E-state index contributed by atoms with van der Waals surface area (Å²) in [6.45, 7) is 4.00. The maximum Gasteiger partial charge on any atom is 4.00 e. The van der Waals surface area contributed by atoms with Gasteiger partial charge in [0.15, 0.2) is 0 Å². The average molecular weight is 625 g/mol. The molecule has 0 radical (unpaired) electrons. The summed E-state index contributed by atoms with van der Waals surface area (Å²) in [5.41, 5.74) is 4.70. The first-order valence-electron chi connectivity index (χ1n) is 10.6. The van der Waals surface area contributed by atoms with Gasteiger partial charge in [0.05, 0.1) is 5.69 Å². The van der Waals surface area contributed by atoms with Gasteiger partial charge < -0.3 is 9.30 Å².